The van der Waals surface area contributed by atoms with Crippen molar-refractivity contribution in [2.75, 3.05) is 24.6 Å². The molecule has 5 nitrogen and oxygen atoms in total. The van der Waals surface area contributed by atoms with Crippen molar-refractivity contribution in [1.29, 1.82) is 5.26 Å². The minimum Gasteiger partial charge on any atom is -0.396 e. The van der Waals surface area contributed by atoms with Crippen LogP contribution in [0.1, 0.15) is 18.4 Å². The van der Waals surface area contributed by atoms with Gasteiger partial charge in [0.05, 0.1) is 0 Å². The number of carbonyl (C=O) groups excluding carboxylic acids is 1. The molecule has 1 aliphatic heterocycles. The molecule has 0 saturated carbocycles. The monoisotopic (exact) mass is 285 g/mol. The number of hydrogen-bond donors (Lipinski definition) is 2. The molecule has 0 unspecified atom stereocenters. The lowest BCUT2D eigenvalue weighted by molar-refractivity contribution is -0.114. The number of nitriles is 1. The summed E-state index contributed by atoms with van der Waals surface area (Å²) in [7, 11) is 0. The predicted molar refractivity (Wildman–Crippen MR) is 80.5 cm³/mol. The number of aliphatic hydroxyl groups excluding tert-OH is 1. The fraction of sp³-hybridized carbons (Fsp3) is 0.375. The van der Waals surface area contributed by atoms with Crippen molar-refractivity contribution in [1.82, 2.24) is 5.32 Å². The van der Waals surface area contributed by atoms with Crippen LogP contribution in [0.2, 0.25) is 0 Å². The van der Waals surface area contributed by atoms with Crippen LogP contribution in [-0.4, -0.2) is 30.7 Å². The summed E-state index contributed by atoms with van der Waals surface area (Å²) in [6.07, 6.45) is 3.88. The Hall–Kier alpha value is -2.32. The molecule has 21 heavy (non-hydrogen) atoms. The van der Waals surface area contributed by atoms with Gasteiger partial charge in [-0.3, -0.25) is 4.79 Å². The summed E-state index contributed by atoms with van der Waals surface area (Å²) in [5.74, 6) is -0.277. The number of benzene rings is 1. The maximum atomic E-state index is 12.5. The van der Waals surface area contributed by atoms with Crippen LogP contribution < -0.4 is 10.2 Å². The minimum absolute atomic E-state index is 0.0795. The van der Waals surface area contributed by atoms with E-state index in [1.54, 1.807) is 4.90 Å². The zero-order valence-electron chi connectivity index (χ0n) is 11.9. The van der Waals surface area contributed by atoms with Crippen molar-refractivity contribution in [2.45, 2.75) is 19.3 Å². The van der Waals surface area contributed by atoms with Crippen molar-refractivity contribution in [3.05, 3.63) is 41.6 Å². The number of aryl methyl sites for hydroxylation is 1. The van der Waals surface area contributed by atoms with Crippen molar-refractivity contribution < 1.29 is 9.90 Å². The first-order chi connectivity index (χ1) is 10.3. The third-order valence-corrected chi connectivity index (χ3v) is 3.43. The standard InChI is InChI=1S/C16H19N3O2/c17-11-14(12-18-8-4-10-20)16(21)19-9-3-6-13-5-1-2-7-15(13)19/h1-2,5,7,12,18,20H,3-4,6,8-10H2/b14-12-. The molecule has 0 aliphatic carbocycles. The maximum Gasteiger partial charge on any atom is 0.270 e. The molecule has 0 spiro atoms. The normalized spacial score (nSPS) is 14.3. The van der Waals surface area contributed by atoms with Crippen molar-refractivity contribution in [3.8, 4) is 6.07 Å². The minimum atomic E-state index is -0.277. The molecule has 0 fully saturated rings. The van der Waals surface area contributed by atoms with E-state index in [9.17, 15) is 10.1 Å². The molecule has 0 saturated heterocycles. The van der Waals surface area contributed by atoms with E-state index in [-0.39, 0.29) is 18.1 Å². The topological polar surface area (TPSA) is 76.4 Å². The summed E-state index contributed by atoms with van der Waals surface area (Å²) in [6, 6.07) is 9.75. The lowest BCUT2D eigenvalue weighted by Crippen LogP contribution is -2.36. The first kappa shape index (κ1) is 15.1. The fourth-order valence-corrected chi connectivity index (χ4v) is 2.39. The number of nitrogens with zero attached hydrogens (tertiary/aromatic N) is 2. The molecular weight excluding hydrogens is 266 g/mol. The number of para-hydroxylation sites is 1. The Morgan fingerprint density at radius 2 is 2.29 bits per heavy atom. The molecule has 0 aromatic heterocycles. The molecule has 1 aromatic rings. The number of rotatable bonds is 5. The highest BCUT2D eigenvalue weighted by Gasteiger charge is 2.24. The van der Waals surface area contributed by atoms with E-state index in [1.807, 2.05) is 30.3 Å². The van der Waals surface area contributed by atoms with Gasteiger partial charge in [0.2, 0.25) is 0 Å². The van der Waals surface area contributed by atoms with Crippen LogP contribution in [0.15, 0.2) is 36.0 Å². The van der Waals surface area contributed by atoms with Gasteiger partial charge < -0.3 is 15.3 Å². The van der Waals surface area contributed by atoms with E-state index in [2.05, 4.69) is 5.32 Å². The van der Waals surface area contributed by atoms with Crippen LogP contribution in [0.25, 0.3) is 0 Å². The summed E-state index contributed by atoms with van der Waals surface area (Å²) in [5.41, 5.74) is 2.12. The average Bonchev–Trinajstić information content (AvgIpc) is 2.54. The first-order valence-electron chi connectivity index (χ1n) is 7.12. The van der Waals surface area contributed by atoms with Gasteiger partial charge in [-0.05, 0) is 30.9 Å². The zero-order chi connectivity index (χ0) is 15.1. The van der Waals surface area contributed by atoms with Gasteiger partial charge in [-0.1, -0.05) is 18.2 Å². The van der Waals surface area contributed by atoms with Crippen molar-refractivity contribution in [3.63, 3.8) is 0 Å². The Bertz CT molecular complexity index is 575. The van der Waals surface area contributed by atoms with Crippen molar-refractivity contribution in [2.24, 2.45) is 0 Å². The summed E-state index contributed by atoms with van der Waals surface area (Å²) >= 11 is 0. The van der Waals surface area contributed by atoms with Crippen LogP contribution in [0, 0.1) is 11.3 Å². The summed E-state index contributed by atoms with van der Waals surface area (Å²) < 4.78 is 0. The van der Waals surface area contributed by atoms with Gasteiger partial charge in [-0.25, -0.2) is 0 Å². The molecule has 2 rings (SSSR count). The fourth-order valence-electron chi connectivity index (χ4n) is 2.39. The molecule has 1 heterocycles. The number of amides is 1. The first-order valence-corrected chi connectivity index (χ1v) is 7.12. The van der Waals surface area contributed by atoms with Gasteiger partial charge in [0.25, 0.3) is 5.91 Å². The van der Waals surface area contributed by atoms with Gasteiger partial charge in [-0.2, -0.15) is 5.26 Å². The van der Waals surface area contributed by atoms with E-state index in [0.29, 0.717) is 19.5 Å². The number of carbonyl (C=O) groups is 1. The Morgan fingerprint density at radius 3 is 3.05 bits per heavy atom. The van der Waals surface area contributed by atoms with Gasteiger partial charge in [0.1, 0.15) is 11.6 Å². The predicted octanol–water partition coefficient (Wildman–Crippen LogP) is 1.35. The Kier molecular flexibility index (Phi) is 5.35. The zero-order valence-corrected chi connectivity index (χ0v) is 11.9. The Morgan fingerprint density at radius 1 is 1.48 bits per heavy atom. The quantitative estimate of drug-likeness (QED) is 0.486. The number of anilines is 1. The SMILES string of the molecule is N#C/C(=C/NCCCO)C(=O)N1CCCc2ccccc21. The molecule has 0 atom stereocenters. The number of hydrogen-bond acceptors (Lipinski definition) is 4. The third kappa shape index (κ3) is 3.61. The number of nitrogens with one attached hydrogen (secondary N) is 1. The molecule has 5 heteroatoms. The molecule has 0 radical (unpaired) electrons. The lowest BCUT2D eigenvalue weighted by Gasteiger charge is -2.29. The maximum absolute atomic E-state index is 12.5. The highest BCUT2D eigenvalue weighted by molar-refractivity contribution is 6.08. The van der Waals surface area contributed by atoms with E-state index in [1.165, 1.54) is 6.20 Å². The van der Waals surface area contributed by atoms with E-state index >= 15 is 0 Å². The van der Waals surface area contributed by atoms with Gasteiger partial charge in [0, 0.05) is 31.6 Å². The number of aliphatic hydroxyl groups is 1. The highest BCUT2D eigenvalue weighted by Crippen LogP contribution is 2.27. The van der Waals surface area contributed by atoms with Gasteiger partial charge in [-0.15, -0.1) is 0 Å². The lowest BCUT2D eigenvalue weighted by atomic mass is 10.0. The van der Waals surface area contributed by atoms with Crippen LogP contribution in [-0.2, 0) is 11.2 Å². The molecular formula is C16H19N3O2. The Labute approximate surface area is 124 Å². The van der Waals surface area contributed by atoms with Crippen LogP contribution in [0.5, 0.6) is 0 Å². The largest absolute Gasteiger partial charge is 0.396 e. The van der Waals surface area contributed by atoms with Gasteiger partial charge >= 0.3 is 0 Å². The highest BCUT2D eigenvalue weighted by atomic mass is 16.3. The van der Waals surface area contributed by atoms with E-state index in [0.717, 1.165) is 24.1 Å². The molecule has 1 aliphatic rings. The van der Waals surface area contributed by atoms with Crippen LogP contribution >= 0.6 is 0 Å². The van der Waals surface area contributed by atoms with Gasteiger partial charge in [0.15, 0.2) is 0 Å². The molecule has 1 amide bonds. The second-order valence-corrected chi connectivity index (χ2v) is 4.89. The van der Waals surface area contributed by atoms with E-state index in [4.69, 9.17) is 5.11 Å². The Balaban J connectivity index is 2.14. The summed E-state index contributed by atoms with van der Waals surface area (Å²) in [5, 5.41) is 20.8. The van der Waals surface area contributed by atoms with E-state index < -0.39 is 0 Å². The molecule has 110 valence electrons. The third-order valence-electron chi connectivity index (χ3n) is 3.43. The molecule has 2 N–H and O–H groups in total. The smallest absolute Gasteiger partial charge is 0.270 e. The molecule has 1 aromatic carbocycles. The summed E-state index contributed by atoms with van der Waals surface area (Å²) in [6.45, 7) is 1.24. The summed E-state index contributed by atoms with van der Waals surface area (Å²) in [4.78, 5) is 14.2. The van der Waals surface area contributed by atoms with Crippen LogP contribution in [0.4, 0.5) is 5.69 Å². The second kappa shape index (κ2) is 7.46. The average molecular weight is 285 g/mol. The van der Waals surface area contributed by atoms with Crippen LogP contribution in [0.3, 0.4) is 0 Å². The van der Waals surface area contributed by atoms with Crippen molar-refractivity contribution >= 4 is 11.6 Å². The second-order valence-electron chi connectivity index (χ2n) is 4.89. The molecule has 0 bridgehead atoms. The number of fused-ring (bicyclic) bond motifs is 1.